The molecule has 1 atom stereocenters. The van der Waals surface area contributed by atoms with Gasteiger partial charge < -0.3 is 30.2 Å². The van der Waals surface area contributed by atoms with Crippen LogP contribution in [0.2, 0.25) is 0 Å². The Morgan fingerprint density at radius 1 is 1.12 bits per heavy atom. The molecular weight excluding hydrogens is 526 g/mol. The number of fused-ring (bicyclic) bond motifs is 2. The van der Waals surface area contributed by atoms with E-state index in [4.69, 9.17) is 4.74 Å². The number of aliphatic hydroxyl groups excluding tert-OH is 1. The maximum Gasteiger partial charge on any atom is 0.261 e. The molecule has 12 nitrogen and oxygen atoms in total. The van der Waals surface area contributed by atoms with Crippen molar-refractivity contribution in [3.8, 4) is 23.0 Å². The lowest BCUT2D eigenvalue weighted by Gasteiger charge is -2.33. The van der Waals surface area contributed by atoms with Gasteiger partial charge in [0.1, 0.15) is 29.8 Å². The number of aromatic hydroxyl groups is 1. The van der Waals surface area contributed by atoms with Gasteiger partial charge in [0.05, 0.1) is 33.5 Å². The third kappa shape index (κ3) is 5.07. The third-order valence-electron chi connectivity index (χ3n) is 7.66. The van der Waals surface area contributed by atoms with Crippen molar-refractivity contribution < 1.29 is 24.5 Å². The highest BCUT2D eigenvalue weighted by Crippen LogP contribution is 2.36. The number of imide groups is 1. The van der Waals surface area contributed by atoms with Crippen LogP contribution in [0.3, 0.4) is 0 Å². The molecular formula is C29H31N7O5. The normalized spacial score (nSPS) is 16.8. The molecule has 0 unspecified atom stereocenters. The van der Waals surface area contributed by atoms with E-state index in [1.807, 2.05) is 14.0 Å². The van der Waals surface area contributed by atoms with Crippen molar-refractivity contribution in [2.24, 2.45) is 0 Å². The molecule has 3 aromatic heterocycles. The zero-order valence-corrected chi connectivity index (χ0v) is 22.8. The Morgan fingerprint density at radius 3 is 2.63 bits per heavy atom. The number of aryl methyl sites for hydroxylation is 1. The van der Waals surface area contributed by atoms with Crippen molar-refractivity contribution in [1.82, 2.24) is 29.7 Å². The molecule has 5 heterocycles. The zero-order valence-electron chi connectivity index (χ0n) is 22.8. The summed E-state index contributed by atoms with van der Waals surface area (Å²) in [4.78, 5) is 46.1. The Kier molecular flexibility index (Phi) is 7.01. The van der Waals surface area contributed by atoms with Gasteiger partial charge in [0.2, 0.25) is 5.88 Å². The number of imidazole rings is 1. The Hall–Kier alpha value is -4.55. The summed E-state index contributed by atoms with van der Waals surface area (Å²) in [6.45, 7) is 3.66. The molecule has 2 aliphatic heterocycles. The monoisotopic (exact) mass is 557 g/mol. The number of aliphatic hydroxyl groups is 1. The van der Waals surface area contributed by atoms with E-state index in [1.165, 1.54) is 11.1 Å². The van der Waals surface area contributed by atoms with E-state index in [-0.39, 0.29) is 36.9 Å². The summed E-state index contributed by atoms with van der Waals surface area (Å²) < 4.78 is 5.68. The maximum atomic E-state index is 13.3. The Bertz CT molecular complexity index is 1580. The minimum atomic E-state index is -0.860. The van der Waals surface area contributed by atoms with Crippen LogP contribution in [0, 0.1) is 6.92 Å². The topological polar surface area (TPSA) is 157 Å². The van der Waals surface area contributed by atoms with E-state index in [9.17, 15) is 19.8 Å². The fraction of sp³-hybridized carbons (Fsp3) is 0.345. The second-order valence-corrected chi connectivity index (χ2v) is 10.5. The fourth-order valence-electron chi connectivity index (χ4n) is 5.39. The van der Waals surface area contributed by atoms with Crippen LogP contribution in [0.15, 0.2) is 42.7 Å². The first-order chi connectivity index (χ1) is 19.8. The number of benzene rings is 1. The average Bonchev–Trinajstić information content (AvgIpc) is 3.48. The molecule has 0 bridgehead atoms. The van der Waals surface area contributed by atoms with Gasteiger partial charge in [-0.25, -0.2) is 9.97 Å². The van der Waals surface area contributed by atoms with Crippen molar-refractivity contribution in [3.05, 3.63) is 59.5 Å². The average molecular weight is 558 g/mol. The first kappa shape index (κ1) is 26.7. The molecule has 2 aliphatic rings. The molecule has 1 aromatic carbocycles. The molecule has 212 valence electrons. The van der Waals surface area contributed by atoms with Crippen LogP contribution in [0.25, 0.3) is 22.4 Å². The highest BCUT2D eigenvalue weighted by Gasteiger charge is 2.41. The standard InChI is InChI=1S/C29H31N7O5/c1-16-24(4-3-8-30-16)41-15-18(37)14-32-21-5-9-31-27(38)25(21)26-33-22-12-19-20(13-23(22)34-26)29(40)36(28(19)39)17-6-10-35(2)11-7-17/h3-5,8-9,12-13,17-18,37H,6-7,10-11,14-15H2,1-2H3,(H,33,34)(H2,31,32,38)/t18-/m1/s1. The van der Waals surface area contributed by atoms with Crippen molar-refractivity contribution in [1.29, 1.82) is 0 Å². The van der Waals surface area contributed by atoms with Crippen molar-refractivity contribution in [2.45, 2.75) is 31.9 Å². The van der Waals surface area contributed by atoms with Gasteiger partial charge in [-0.15, -0.1) is 0 Å². The minimum absolute atomic E-state index is 0.0404. The lowest BCUT2D eigenvalue weighted by atomic mass is 10.0. The first-order valence-electron chi connectivity index (χ1n) is 13.5. The summed E-state index contributed by atoms with van der Waals surface area (Å²) in [6.07, 6.45) is 3.75. The van der Waals surface area contributed by atoms with Crippen LogP contribution in [0.1, 0.15) is 39.3 Å². The molecule has 1 saturated heterocycles. The number of hydrogen-bond acceptors (Lipinski definition) is 10. The van der Waals surface area contributed by atoms with Gasteiger partial charge in [-0.3, -0.25) is 19.5 Å². The van der Waals surface area contributed by atoms with Crippen molar-refractivity contribution >= 4 is 28.5 Å². The molecule has 2 amide bonds. The number of likely N-dealkylation sites (tertiary alicyclic amines) is 1. The van der Waals surface area contributed by atoms with Crippen LogP contribution < -0.4 is 10.1 Å². The van der Waals surface area contributed by atoms with E-state index < -0.39 is 6.10 Å². The summed E-state index contributed by atoms with van der Waals surface area (Å²) in [5.74, 6) is 0.0472. The second kappa shape index (κ2) is 10.8. The number of pyridine rings is 2. The predicted molar refractivity (Wildman–Crippen MR) is 151 cm³/mol. The summed E-state index contributed by atoms with van der Waals surface area (Å²) >= 11 is 0. The Labute approximate surface area is 236 Å². The van der Waals surface area contributed by atoms with Crippen LogP contribution in [-0.2, 0) is 0 Å². The number of piperidine rings is 1. The van der Waals surface area contributed by atoms with Crippen LogP contribution in [0.4, 0.5) is 5.69 Å². The fourth-order valence-corrected chi connectivity index (χ4v) is 5.39. The molecule has 0 aliphatic carbocycles. The van der Waals surface area contributed by atoms with Gasteiger partial charge in [0.15, 0.2) is 0 Å². The van der Waals surface area contributed by atoms with E-state index in [0.29, 0.717) is 45.0 Å². The van der Waals surface area contributed by atoms with Gasteiger partial charge >= 0.3 is 0 Å². The number of amides is 2. The molecule has 1 fully saturated rings. The van der Waals surface area contributed by atoms with Gasteiger partial charge in [-0.2, -0.15) is 0 Å². The van der Waals surface area contributed by atoms with Gasteiger partial charge in [-0.05, 0) is 70.2 Å². The molecule has 41 heavy (non-hydrogen) atoms. The van der Waals surface area contributed by atoms with Crippen molar-refractivity contribution in [2.75, 3.05) is 38.6 Å². The number of aromatic amines is 1. The third-order valence-corrected chi connectivity index (χ3v) is 7.66. The number of carbonyl (C=O) groups excluding carboxylic acids is 2. The summed E-state index contributed by atoms with van der Waals surface area (Å²) in [5.41, 5.74) is 3.23. The highest BCUT2D eigenvalue weighted by atomic mass is 16.5. The van der Waals surface area contributed by atoms with Crippen molar-refractivity contribution in [3.63, 3.8) is 0 Å². The molecule has 0 radical (unpaired) electrons. The minimum Gasteiger partial charge on any atom is -0.493 e. The lowest BCUT2D eigenvalue weighted by Crippen LogP contribution is -2.46. The number of carbonyl (C=O) groups is 2. The van der Waals surface area contributed by atoms with E-state index >= 15 is 0 Å². The lowest BCUT2D eigenvalue weighted by molar-refractivity contribution is 0.0516. The number of hydrogen-bond donors (Lipinski definition) is 4. The zero-order chi connectivity index (χ0) is 28.7. The Balaban J connectivity index is 1.21. The number of anilines is 1. The molecule has 0 saturated carbocycles. The molecule has 6 rings (SSSR count). The second-order valence-electron chi connectivity index (χ2n) is 10.5. The number of nitrogens with zero attached hydrogens (tertiary/aromatic N) is 5. The van der Waals surface area contributed by atoms with E-state index in [1.54, 1.807) is 36.5 Å². The van der Waals surface area contributed by atoms with Gasteiger partial charge in [0.25, 0.3) is 11.8 Å². The predicted octanol–water partition coefficient (Wildman–Crippen LogP) is 2.58. The smallest absolute Gasteiger partial charge is 0.261 e. The van der Waals surface area contributed by atoms with Gasteiger partial charge in [-0.1, -0.05) is 0 Å². The van der Waals surface area contributed by atoms with E-state index in [0.717, 1.165) is 31.6 Å². The molecule has 4 aromatic rings. The van der Waals surface area contributed by atoms with Crippen LogP contribution in [0.5, 0.6) is 11.6 Å². The number of ether oxygens (including phenoxy) is 1. The summed E-state index contributed by atoms with van der Waals surface area (Å²) in [6, 6.07) is 8.37. The van der Waals surface area contributed by atoms with Gasteiger partial charge in [0, 0.05) is 25.0 Å². The number of rotatable bonds is 8. The summed E-state index contributed by atoms with van der Waals surface area (Å²) in [5, 5.41) is 24.3. The number of nitrogens with one attached hydrogen (secondary N) is 2. The molecule has 12 heteroatoms. The van der Waals surface area contributed by atoms with Crippen LogP contribution in [-0.4, -0.2) is 97.2 Å². The maximum absolute atomic E-state index is 13.3. The first-order valence-corrected chi connectivity index (χ1v) is 13.5. The SMILES string of the molecule is Cc1ncccc1OC[C@H](O)CNc1ccnc(O)c1-c1nc2cc3c(cc2[nH]1)C(=O)N(C1CCN(C)CC1)C3=O. The molecule has 0 spiro atoms. The largest absolute Gasteiger partial charge is 0.493 e. The number of H-pyrrole nitrogens is 1. The quantitative estimate of drug-likeness (QED) is 0.237. The molecule has 4 N–H and O–H groups in total. The highest BCUT2D eigenvalue weighted by molar-refractivity contribution is 6.23. The Morgan fingerprint density at radius 2 is 1.88 bits per heavy atom. The summed E-state index contributed by atoms with van der Waals surface area (Å²) in [7, 11) is 2.03. The number of aromatic nitrogens is 4. The van der Waals surface area contributed by atoms with E-state index in [2.05, 4.69) is 30.2 Å². The van der Waals surface area contributed by atoms with Crippen LogP contribution >= 0.6 is 0 Å².